The van der Waals surface area contributed by atoms with Crippen LogP contribution >= 0.6 is 0 Å². The van der Waals surface area contributed by atoms with Crippen molar-refractivity contribution in [1.82, 2.24) is 15.3 Å². The molecule has 0 radical (unpaired) electrons. The molecule has 134 valence electrons. The quantitative estimate of drug-likeness (QED) is 0.827. The lowest BCUT2D eigenvalue weighted by Gasteiger charge is -2.38. The molecule has 1 aromatic rings. The summed E-state index contributed by atoms with van der Waals surface area (Å²) in [5.74, 6) is 2.58. The summed E-state index contributed by atoms with van der Waals surface area (Å²) in [5.41, 5.74) is 0. The van der Waals surface area contributed by atoms with Crippen LogP contribution < -0.4 is 15.1 Å². The lowest BCUT2D eigenvalue weighted by molar-refractivity contribution is 0.422. The highest BCUT2D eigenvalue weighted by Gasteiger charge is 2.43. The van der Waals surface area contributed by atoms with Gasteiger partial charge < -0.3 is 15.1 Å². The normalized spacial score (nSPS) is 25.8. The molecule has 2 saturated heterocycles. The number of hydrogen-bond donors (Lipinski definition) is 1. The number of piperazine rings is 1. The lowest BCUT2D eigenvalue weighted by Crippen LogP contribution is -2.57. The van der Waals surface area contributed by atoms with Gasteiger partial charge in [-0.05, 0) is 18.4 Å². The number of hydrogen-bond acceptors (Lipinski definition) is 7. The Morgan fingerprint density at radius 2 is 2.21 bits per heavy atom. The van der Waals surface area contributed by atoms with Gasteiger partial charge in [-0.25, -0.2) is 13.4 Å². The topological polar surface area (TPSA) is 78.4 Å². The fourth-order valence-corrected chi connectivity index (χ4v) is 5.34. The van der Waals surface area contributed by atoms with Crippen LogP contribution in [0.4, 0.5) is 11.8 Å². The Labute approximate surface area is 144 Å². The van der Waals surface area contributed by atoms with Gasteiger partial charge in [0.2, 0.25) is 5.95 Å². The van der Waals surface area contributed by atoms with Gasteiger partial charge in [-0.2, -0.15) is 4.98 Å². The lowest BCUT2D eigenvalue weighted by atomic mass is 10.1. The molecule has 2 fully saturated rings. The Morgan fingerprint density at radius 3 is 2.96 bits per heavy atom. The molecule has 2 aliphatic rings. The van der Waals surface area contributed by atoms with E-state index in [1.807, 2.05) is 13.1 Å². The van der Waals surface area contributed by atoms with Gasteiger partial charge in [0.25, 0.3) is 0 Å². The number of nitrogens with zero attached hydrogens (tertiary/aromatic N) is 4. The molecular weight excluding hydrogens is 326 g/mol. The van der Waals surface area contributed by atoms with Crippen LogP contribution in [0.3, 0.4) is 0 Å². The Balaban J connectivity index is 1.78. The molecule has 3 heterocycles. The van der Waals surface area contributed by atoms with Gasteiger partial charge in [0, 0.05) is 38.9 Å². The van der Waals surface area contributed by atoms with Gasteiger partial charge in [0.1, 0.15) is 5.82 Å². The van der Waals surface area contributed by atoms with Crippen molar-refractivity contribution >= 4 is 21.6 Å². The van der Waals surface area contributed by atoms with Crippen LogP contribution in [0.1, 0.15) is 20.3 Å². The molecule has 7 nitrogen and oxygen atoms in total. The summed E-state index contributed by atoms with van der Waals surface area (Å²) in [4.78, 5) is 13.3. The van der Waals surface area contributed by atoms with Crippen molar-refractivity contribution in [2.75, 3.05) is 48.0 Å². The number of rotatable bonds is 5. The first-order valence-corrected chi connectivity index (χ1v) is 10.4. The van der Waals surface area contributed by atoms with Crippen LogP contribution in [0.5, 0.6) is 0 Å². The van der Waals surface area contributed by atoms with Gasteiger partial charge in [-0.3, -0.25) is 0 Å². The largest absolute Gasteiger partial charge is 0.350 e. The van der Waals surface area contributed by atoms with Gasteiger partial charge in [0.05, 0.1) is 17.5 Å². The van der Waals surface area contributed by atoms with E-state index in [4.69, 9.17) is 4.98 Å². The first-order chi connectivity index (χ1) is 11.4. The molecule has 2 unspecified atom stereocenters. The summed E-state index contributed by atoms with van der Waals surface area (Å²) in [6.45, 7) is 6.85. The molecule has 8 heteroatoms. The van der Waals surface area contributed by atoms with Crippen LogP contribution in [-0.2, 0) is 9.84 Å². The number of fused-ring (bicyclic) bond motifs is 1. The number of aromatic nitrogens is 2. The Hall–Kier alpha value is -1.41. The molecule has 0 aromatic carbocycles. The summed E-state index contributed by atoms with van der Waals surface area (Å²) in [5, 5.41) is 3.33. The minimum atomic E-state index is -2.97. The monoisotopic (exact) mass is 353 g/mol. The highest BCUT2D eigenvalue weighted by atomic mass is 32.2. The smallest absolute Gasteiger partial charge is 0.226 e. The second kappa shape index (κ2) is 6.84. The van der Waals surface area contributed by atoms with E-state index >= 15 is 0 Å². The first kappa shape index (κ1) is 17.4. The predicted octanol–water partition coefficient (Wildman–Crippen LogP) is 0.534. The highest BCUT2D eigenvalue weighted by Crippen LogP contribution is 2.26. The third-order valence-corrected chi connectivity index (χ3v) is 6.50. The second-order valence-corrected chi connectivity index (χ2v) is 9.37. The van der Waals surface area contributed by atoms with E-state index in [0.29, 0.717) is 11.9 Å². The van der Waals surface area contributed by atoms with Crippen molar-refractivity contribution < 1.29 is 8.42 Å². The van der Waals surface area contributed by atoms with Crippen molar-refractivity contribution in [3.63, 3.8) is 0 Å². The van der Waals surface area contributed by atoms with E-state index in [-0.39, 0.29) is 23.6 Å². The number of nitrogens with one attached hydrogen (secondary N) is 1. The van der Waals surface area contributed by atoms with E-state index in [2.05, 4.69) is 33.9 Å². The average Bonchev–Trinajstić information content (AvgIpc) is 2.86. The highest BCUT2D eigenvalue weighted by molar-refractivity contribution is 7.91. The predicted molar refractivity (Wildman–Crippen MR) is 96.3 cm³/mol. The summed E-state index contributed by atoms with van der Waals surface area (Å²) in [6.07, 6.45) is 2.85. The maximum absolute atomic E-state index is 12.0. The SMILES string of the molecule is CC(C)CCN(C)c1nccc(N2CCNC3CS(=O)(=O)CC32)n1. The number of sulfone groups is 1. The maximum Gasteiger partial charge on any atom is 0.226 e. The fourth-order valence-electron chi connectivity index (χ4n) is 3.39. The van der Waals surface area contributed by atoms with Crippen LogP contribution in [0, 0.1) is 5.92 Å². The maximum atomic E-state index is 12.0. The minimum absolute atomic E-state index is 0.000774. The zero-order chi connectivity index (χ0) is 17.3. The third kappa shape index (κ3) is 3.80. The zero-order valence-corrected chi connectivity index (χ0v) is 15.5. The van der Waals surface area contributed by atoms with Gasteiger partial charge in [-0.1, -0.05) is 13.8 Å². The van der Waals surface area contributed by atoms with Crippen molar-refractivity contribution in [1.29, 1.82) is 0 Å². The molecule has 1 N–H and O–H groups in total. The van der Waals surface area contributed by atoms with E-state index in [1.165, 1.54) is 0 Å². The Morgan fingerprint density at radius 1 is 1.42 bits per heavy atom. The first-order valence-electron chi connectivity index (χ1n) is 8.60. The minimum Gasteiger partial charge on any atom is -0.350 e. The molecule has 3 rings (SSSR count). The van der Waals surface area contributed by atoms with Crippen LogP contribution in [0.25, 0.3) is 0 Å². The molecule has 0 saturated carbocycles. The van der Waals surface area contributed by atoms with Crippen molar-refractivity contribution in [2.45, 2.75) is 32.4 Å². The Bertz CT molecular complexity index is 679. The Kier molecular flexibility index (Phi) is 4.96. The molecule has 2 aliphatic heterocycles. The van der Waals surface area contributed by atoms with Crippen LogP contribution in [0.2, 0.25) is 0 Å². The molecule has 1 aromatic heterocycles. The summed E-state index contributed by atoms with van der Waals surface area (Å²) >= 11 is 0. The van der Waals surface area contributed by atoms with E-state index in [1.54, 1.807) is 6.20 Å². The summed E-state index contributed by atoms with van der Waals surface area (Å²) < 4.78 is 24.0. The molecule has 0 bridgehead atoms. The van der Waals surface area contributed by atoms with E-state index in [0.717, 1.165) is 31.9 Å². The second-order valence-electron chi connectivity index (χ2n) is 7.22. The van der Waals surface area contributed by atoms with Gasteiger partial charge in [-0.15, -0.1) is 0 Å². The van der Waals surface area contributed by atoms with Crippen molar-refractivity contribution in [3.05, 3.63) is 12.3 Å². The molecule has 0 spiro atoms. The molecule has 2 atom stereocenters. The van der Waals surface area contributed by atoms with Crippen molar-refractivity contribution in [3.8, 4) is 0 Å². The van der Waals surface area contributed by atoms with Gasteiger partial charge >= 0.3 is 0 Å². The van der Waals surface area contributed by atoms with Gasteiger partial charge in [0.15, 0.2) is 9.84 Å². The molecule has 24 heavy (non-hydrogen) atoms. The summed E-state index contributed by atoms with van der Waals surface area (Å²) in [6, 6.07) is 1.85. The summed E-state index contributed by atoms with van der Waals surface area (Å²) in [7, 11) is -0.970. The molecular formula is C16H27N5O2S. The fraction of sp³-hybridized carbons (Fsp3) is 0.750. The molecule has 0 aliphatic carbocycles. The number of anilines is 2. The molecule has 0 amide bonds. The van der Waals surface area contributed by atoms with Crippen molar-refractivity contribution in [2.24, 2.45) is 5.92 Å². The van der Waals surface area contributed by atoms with E-state index in [9.17, 15) is 8.42 Å². The van der Waals surface area contributed by atoms with E-state index < -0.39 is 9.84 Å². The van der Waals surface area contributed by atoms with Crippen LogP contribution in [-0.4, -0.2) is 68.7 Å². The third-order valence-electron chi connectivity index (χ3n) is 4.79. The zero-order valence-electron chi connectivity index (χ0n) is 14.6. The standard InChI is InChI=1S/C16H27N5O2S/c1-12(2)5-8-20(3)16-18-6-4-15(19-16)21-9-7-17-13-10-24(22,23)11-14(13)21/h4,6,12-14,17H,5,7-11H2,1-3H3. The average molecular weight is 353 g/mol. The van der Waals surface area contributed by atoms with Crippen LogP contribution in [0.15, 0.2) is 12.3 Å².